The molecule has 0 amide bonds. The monoisotopic (exact) mass is 300 g/mol. The van der Waals surface area contributed by atoms with Crippen LogP contribution in [0.3, 0.4) is 0 Å². The van der Waals surface area contributed by atoms with E-state index in [9.17, 15) is 0 Å². The highest BCUT2D eigenvalue weighted by molar-refractivity contribution is 9.10. The summed E-state index contributed by atoms with van der Waals surface area (Å²) in [6, 6.07) is 0.656. The van der Waals surface area contributed by atoms with Crippen LogP contribution in [0.1, 0.15) is 19.8 Å². The second-order valence-corrected chi connectivity index (χ2v) is 5.21. The number of halogens is 1. The third-order valence-electron chi connectivity index (χ3n) is 3.07. The smallest absolute Gasteiger partial charge is 0.232 e. The van der Waals surface area contributed by atoms with E-state index in [1.54, 1.807) is 13.3 Å². The van der Waals surface area contributed by atoms with E-state index in [1.165, 1.54) is 0 Å². The Morgan fingerprint density at radius 1 is 1.59 bits per heavy atom. The molecule has 0 aliphatic carbocycles. The van der Waals surface area contributed by atoms with Gasteiger partial charge in [0.05, 0.1) is 17.8 Å². The van der Waals surface area contributed by atoms with E-state index in [2.05, 4.69) is 37.7 Å². The van der Waals surface area contributed by atoms with Crippen molar-refractivity contribution in [3.05, 3.63) is 10.7 Å². The van der Waals surface area contributed by atoms with Crippen LogP contribution in [-0.4, -0.2) is 35.7 Å². The average Bonchev–Trinajstić information content (AvgIpc) is 2.30. The van der Waals surface area contributed by atoms with Gasteiger partial charge in [-0.3, -0.25) is 0 Å². The first kappa shape index (κ1) is 12.6. The summed E-state index contributed by atoms with van der Waals surface area (Å²) in [6.45, 7) is 3.05. The van der Waals surface area contributed by atoms with E-state index in [1.807, 2.05) is 0 Å². The number of aromatic nitrogens is 2. The van der Waals surface area contributed by atoms with Crippen molar-refractivity contribution in [2.75, 3.05) is 18.6 Å². The van der Waals surface area contributed by atoms with Gasteiger partial charge in [-0.05, 0) is 35.7 Å². The minimum atomic E-state index is 0.290. The Kier molecular flexibility index (Phi) is 3.83. The van der Waals surface area contributed by atoms with Gasteiger partial charge >= 0.3 is 0 Å². The molecule has 1 aliphatic rings. The lowest BCUT2D eigenvalue weighted by molar-refractivity contribution is 0.388. The van der Waals surface area contributed by atoms with Crippen molar-refractivity contribution >= 4 is 21.9 Å². The van der Waals surface area contributed by atoms with Gasteiger partial charge in [0, 0.05) is 18.6 Å². The van der Waals surface area contributed by atoms with Crippen molar-refractivity contribution in [1.82, 2.24) is 9.97 Å². The maximum absolute atomic E-state index is 5.95. The Morgan fingerprint density at radius 2 is 2.35 bits per heavy atom. The fourth-order valence-corrected chi connectivity index (χ4v) is 2.48. The Hall–Kier alpha value is -0.880. The van der Waals surface area contributed by atoms with Crippen LogP contribution in [0.25, 0.3) is 0 Å². The number of ether oxygens (including phenoxy) is 1. The molecule has 1 aromatic rings. The molecule has 0 spiro atoms. The van der Waals surface area contributed by atoms with Gasteiger partial charge < -0.3 is 15.4 Å². The second kappa shape index (κ2) is 5.18. The van der Waals surface area contributed by atoms with Gasteiger partial charge in [-0.25, -0.2) is 4.98 Å². The fraction of sp³-hybridized carbons (Fsp3) is 0.636. The van der Waals surface area contributed by atoms with Crippen molar-refractivity contribution < 1.29 is 4.74 Å². The number of rotatable bonds is 2. The first-order chi connectivity index (χ1) is 8.11. The van der Waals surface area contributed by atoms with Gasteiger partial charge in [0.15, 0.2) is 0 Å². The lowest BCUT2D eigenvalue weighted by atomic mass is 10.00. The predicted octanol–water partition coefficient (Wildman–Crippen LogP) is 1.56. The molecule has 2 rings (SSSR count). The molecule has 0 aromatic carbocycles. The Balaban J connectivity index is 2.22. The van der Waals surface area contributed by atoms with Crippen LogP contribution in [0.5, 0.6) is 5.88 Å². The van der Waals surface area contributed by atoms with Gasteiger partial charge in [-0.2, -0.15) is 4.98 Å². The maximum atomic E-state index is 5.95. The van der Waals surface area contributed by atoms with Crippen molar-refractivity contribution in [1.29, 1.82) is 0 Å². The first-order valence-corrected chi connectivity index (χ1v) is 6.50. The highest BCUT2D eigenvalue weighted by atomic mass is 79.9. The minimum Gasteiger partial charge on any atom is -0.480 e. The molecule has 6 heteroatoms. The number of nitrogens with two attached hydrogens (primary N) is 1. The molecule has 2 heterocycles. The molecule has 1 aromatic heterocycles. The maximum Gasteiger partial charge on any atom is 0.232 e. The highest BCUT2D eigenvalue weighted by Crippen LogP contribution is 2.26. The van der Waals surface area contributed by atoms with Gasteiger partial charge in [-0.1, -0.05) is 0 Å². The summed E-state index contributed by atoms with van der Waals surface area (Å²) >= 11 is 3.35. The van der Waals surface area contributed by atoms with Gasteiger partial charge in [0.25, 0.3) is 0 Å². The first-order valence-electron chi connectivity index (χ1n) is 5.70. The number of anilines is 1. The zero-order chi connectivity index (χ0) is 12.4. The number of nitrogens with zero attached hydrogens (tertiary/aromatic N) is 3. The molecule has 0 bridgehead atoms. The number of hydrogen-bond acceptors (Lipinski definition) is 5. The van der Waals surface area contributed by atoms with E-state index in [0.29, 0.717) is 23.9 Å². The van der Waals surface area contributed by atoms with E-state index >= 15 is 0 Å². The van der Waals surface area contributed by atoms with Crippen molar-refractivity contribution in [2.24, 2.45) is 5.73 Å². The molecular formula is C11H17BrN4O. The van der Waals surface area contributed by atoms with Gasteiger partial charge in [0.1, 0.15) is 0 Å². The van der Waals surface area contributed by atoms with Crippen molar-refractivity contribution in [3.8, 4) is 5.88 Å². The van der Waals surface area contributed by atoms with E-state index in [0.717, 1.165) is 23.9 Å². The Bertz CT molecular complexity index is 401. The molecule has 94 valence electrons. The Morgan fingerprint density at radius 3 is 3.00 bits per heavy atom. The largest absolute Gasteiger partial charge is 0.480 e. The van der Waals surface area contributed by atoms with Crippen LogP contribution >= 0.6 is 15.9 Å². The summed E-state index contributed by atoms with van der Waals surface area (Å²) in [7, 11) is 1.60. The number of methoxy groups -OCH3 is 1. The van der Waals surface area contributed by atoms with Gasteiger partial charge in [0.2, 0.25) is 11.8 Å². The van der Waals surface area contributed by atoms with E-state index in [-0.39, 0.29) is 0 Å². The topological polar surface area (TPSA) is 64.3 Å². The molecule has 2 N–H and O–H groups in total. The summed E-state index contributed by atoms with van der Waals surface area (Å²) < 4.78 is 5.95. The summed E-state index contributed by atoms with van der Waals surface area (Å²) in [5, 5.41) is 0. The summed E-state index contributed by atoms with van der Waals surface area (Å²) in [4.78, 5) is 10.9. The normalized spacial score (nSPS) is 24.8. The summed E-state index contributed by atoms with van der Waals surface area (Å²) in [5.41, 5.74) is 5.95. The zero-order valence-electron chi connectivity index (χ0n) is 10.1. The zero-order valence-corrected chi connectivity index (χ0v) is 11.6. The van der Waals surface area contributed by atoms with E-state index < -0.39 is 0 Å². The Labute approximate surface area is 110 Å². The van der Waals surface area contributed by atoms with Crippen LogP contribution in [-0.2, 0) is 0 Å². The molecule has 2 unspecified atom stereocenters. The quantitative estimate of drug-likeness (QED) is 0.898. The lowest BCUT2D eigenvalue weighted by Gasteiger charge is -2.36. The third-order valence-corrected chi connectivity index (χ3v) is 3.61. The molecule has 5 nitrogen and oxygen atoms in total. The van der Waals surface area contributed by atoms with Crippen molar-refractivity contribution in [3.63, 3.8) is 0 Å². The predicted molar refractivity (Wildman–Crippen MR) is 70.3 cm³/mol. The van der Waals surface area contributed by atoms with E-state index in [4.69, 9.17) is 10.5 Å². The van der Waals surface area contributed by atoms with Gasteiger partial charge in [-0.15, -0.1) is 0 Å². The average molecular weight is 301 g/mol. The molecular weight excluding hydrogens is 284 g/mol. The SMILES string of the molecule is COc1nc(N2CCC(N)CC2C)ncc1Br. The lowest BCUT2D eigenvalue weighted by Crippen LogP contribution is -2.46. The second-order valence-electron chi connectivity index (χ2n) is 4.35. The molecule has 2 atom stereocenters. The standard InChI is InChI=1S/C11H17BrN4O/c1-7-5-8(13)3-4-16(7)11-14-6-9(12)10(15-11)17-2/h6-8H,3-5,13H2,1-2H3. The van der Waals surface area contributed by atoms with Crippen LogP contribution in [0, 0.1) is 0 Å². The van der Waals surface area contributed by atoms with Crippen LogP contribution < -0.4 is 15.4 Å². The van der Waals surface area contributed by atoms with Crippen LogP contribution in [0.4, 0.5) is 5.95 Å². The molecule has 0 radical (unpaired) electrons. The molecule has 1 aliphatic heterocycles. The van der Waals surface area contributed by atoms with Crippen LogP contribution in [0.15, 0.2) is 10.7 Å². The van der Waals surface area contributed by atoms with Crippen LogP contribution in [0.2, 0.25) is 0 Å². The molecule has 1 saturated heterocycles. The molecule has 0 saturated carbocycles. The highest BCUT2D eigenvalue weighted by Gasteiger charge is 2.25. The summed E-state index contributed by atoms with van der Waals surface area (Å²) in [5.74, 6) is 1.28. The number of hydrogen-bond donors (Lipinski definition) is 1. The molecule has 1 fully saturated rings. The molecule has 17 heavy (non-hydrogen) atoms. The fourth-order valence-electron chi connectivity index (χ4n) is 2.13. The summed E-state index contributed by atoms with van der Waals surface area (Å²) in [6.07, 6.45) is 3.68. The number of piperidine rings is 1. The van der Waals surface area contributed by atoms with Crippen molar-refractivity contribution in [2.45, 2.75) is 31.8 Å². The minimum absolute atomic E-state index is 0.290. The third kappa shape index (κ3) is 2.69.